The number of benzene rings is 1. The molecule has 1 aliphatic heterocycles. The van der Waals surface area contributed by atoms with Crippen LogP contribution in [0.2, 0.25) is 0 Å². The highest BCUT2D eigenvalue weighted by Crippen LogP contribution is 2.39. The molecule has 2 rings (SSSR count). The quantitative estimate of drug-likeness (QED) is 0.828. The number of halogens is 1. The third-order valence-corrected chi connectivity index (χ3v) is 2.83. The number of carboxylic acids is 1. The van der Waals surface area contributed by atoms with Crippen LogP contribution in [0.25, 0.3) is 0 Å². The van der Waals surface area contributed by atoms with Gasteiger partial charge in [0, 0.05) is 5.56 Å². The van der Waals surface area contributed by atoms with Crippen molar-refractivity contribution in [1.82, 2.24) is 0 Å². The van der Waals surface area contributed by atoms with Gasteiger partial charge in [0.15, 0.2) is 0 Å². The number of rotatable bonds is 3. The maximum atomic E-state index is 13.2. The third kappa shape index (κ3) is 2.13. The van der Waals surface area contributed by atoms with Gasteiger partial charge in [-0.15, -0.1) is 0 Å². The molecule has 0 bridgehead atoms. The van der Waals surface area contributed by atoms with Crippen LogP contribution in [0.1, 0.15) is 18.1 Å². The minimum absolute atomic E-state index is 0.223. The van der Waals surface area contributed by atoms with E-state index in [-0.39, 0.29) is 12.0 Å². The van der Waals surface area contributed by atoms with E-state index in [1.807, 2.05) is 0 Å². The van der Waals surface area contributed by atoms with E-state index < -0.39 is 29.8 Å². The van der Waals surface area contributed by atoms with Crippen molar-refractivity contribution in [1.29, 1.82) is 0 Å². The topological polar surface area (TPSA) is 72.8 Å². The Morgan fingerprint density at radius 1 is 1.56 bits per heavy atom. The molecule has 2 unspecified atom stereocenters. The molecule has 6 heteroatoms. The second-order valence-electron chi connectivity index (χ2n) is 3.95. The molecule has 2 atom stereocenters. The summed E-state index contributed by atoms with van der Waals surface area (Å²) in [7, 11) is 1.38. The van der Waals surface area contributed by atoms with Gasteiger partial charge in [-0.25, -0.2) is 4.39 Å². The normalized spacial score (nSPS) is 22.7. The molecule has 96 valence electrons. The second-order valence-corrected chi connectivity index (χ2v) is 3.95. The third-order valence-electron chi connectivity index (χ3n) is 2.83. The minimum Gasteiger partial charge on any atom is -0.496 e. The van der Waals surface area contributed by atoms with Gasteiger partial charge in [0.2, 0.25) is 0 Å². The van der Waals surface area contributed by atoms with Crippen LogP contribution < -0.4 is 4.74 Å². The first kappa shape index (κ1) is 12.3. The molecule has 1 aliphatic rings. The number of cyclic esters (lactones) is 1. The zero-order chi connectivity index (χ0) is 13.3. The first-order chi connectivity index (χ1) is 8.52. The van der Waals surface area contributed by atoms with Gasteiger partial charge in [-0.05, 0) is 18.2 Å². The highest BCUT2D eigenvalue weighted by molar-refractivity contribution is 5.83. The molecule has 18 heavy (non-hydrogen) atoms. The summed E-state index contributed by atoms with van der Waals surface area (Å²) < 4.78 is 23.2. The predicted molar refractivity (Wildman–Crippen MR) is 57.5 cm³/mol. The van der Waals surface area contributed by atoms with Crippen LogP contribution >= 0.6 is 0 Å². The van der Waals surface area contributed by atoms with Crippen molar-refractivity contribution in [3.8, 4) is 5.75 Å². The fraction of sp³-hybridized carbons (Fsp3) is 0.333. The SMILES string of the molecule is COc1ccc(F)cc1C1OC(=O)CC1C(=O)O. The van der Waals surface area contributed by atoms with E-state index in [1.165, 1.54) is 19.2 Å². The van der Waals surface area contributed by atoms with Crippen LogP contribution in [0.4, 0.5) is 4.39 Å². The average Bonchev–Trinajstić information content (AvgIpc) is 2.71. The first-order valence-electron chi connectivity index (χ1n) is 5.28. The zero-order valence-corrected chi connectivity index (χ0v) is 9.55. The fourth-order valence-corrected chi connectivity index (χ4v) is 1.98. The van der Waals surface area contributed by atoms with Crippen LogP contribution in [0.3, 0.4) is 0 Å². The van der Waals surface area contributed by atoms with Crippen molar-refractivity contribution in [3.63, 3.8) is 0 Å². The molecule has 1 aromatic rings. The Hall–Kier alpha value is -2.11. The molecule has 1 fully saturated rings. The van der Waals surface area contributed by atoms with E-state index in [2.05, 4.69) is 0 Å². The van der Waals surface area contributed by atoms with Crippen LogP contribution in [-0.2, 0) is 14.3 Å². The Morgan fingerprint density at radius 3 is 2.89 bits per heavy atom. The van der Waals surface area contributed by atoms with Crippen molar-refractivity contribution in [2.45, 2.75) is 12.5 Å². The number of carbonyl (C=O) groups is 2. The lowest BCUT2D eigenvalue weighted by atomic mass is 9.94. The number of aliphatic carboxylic acids is 1. The van der Waals surface area contributed by atoms with Crippen LogP contribution in [-0.4, -0.2) is 24.2 Å². The highest BCUT2D eigenvalue weighted by Gasteiger charge is 2.42. The summed E-state index contributed by atoms with van der Waals surface area (Å²) >= 11 is 0. The summed E-state index contributed by atoms with van der Waals surface area (Å²) in [6, 6.07) is 3.68. The number of carboxylic acid groups (broad SMARTS) is 1. The molecule has 1 saturated heterocycles. The molecule has 1 aromatic carbocycles. The van der Waals surface area contributed by atoms with E-state index in [4.69, 9.17) is 14.6 Å². The van der Waals surface area contributed by atoms with Crippen molar-refractivity contribution < 1.29 is 28.6 Å². The Morgan fingerprint density at radius 2 is 2.28 bits per heavy atom. The van der Waals surface area contributed by atoms with Gasteiger partial charge < -0.3 is 14.6 Å². The maximum Gasteiger partial charge on any atom is 0.311 e. The Kier molecular flexibility index (Phi) is 3.18. The predicted octanol–water partition coefficient (Wildman–Crippen LogP) is 1.52. The molecular formula is C12H11FO5. The molecule has 0 amide bonds. The summed E-state index contributed by atoms with van der Waals surface area (Å²) in [5.74, 6) is -3.04. The van der Waals surface area contributed by atoms with Gasteiger partial charge in [-0.2, -0.15) is 0 Å². The average molecular weight is 254 g/mol. The van der Waals surface area contributed by atoms with Gasteiger partial charge in [0.05, 0.1) is 13.5 Å². The molecule has 1 heterocycles. The van der Waals surface area contributed by atoms with Gasteiger partial charge in [0.1, 0.15) is 23.6 Å². The zero-order valence-electron chi connectivity index (χ0n) is 9.55. The maximum absolute atomic E-state index is 13.2. The number of hydrogen-bond acceptors (Lipinski definition) is 4. The molecule has 5 nitrogen and oxygen atoms in total. The van der Waals surface area contributed by atoms with Crippen molar-refractivity contribution in [2.75, 3.05) is 7.11 Å². The van der Waals surface area contributed by atoms with Gasteiger partial charge >= 0.3 is 11.9 Å². The van der Waals surface area contributed by atoms with Crippen LogP contribution in [0.15, 0.2) is 18.2 Å². The number of methoxy groups -OCH3 is 1. The van der Waals surface area contributed by atoms with E-state index in [0.29, 0.717) is 5.75 Å². The summed E-state index contributed by atoms with van der Waals surface area (Å²) in [5.41, 5.74) is 0.232. The van der Waals surface area contributed by atoms with Crippen molar-refractivity contribution in [2.24, 2.45) is 5.92 Å². The molecule has 1 N–H and O–H groups in total. The van der Waals surface area contributed by atoms with E-state index in [0.717, 1.165) is 6.07 Å². The molecule has 0 aromatic heterocycles. The number of ether oxygens (including phenoxy) is 2. The molecule has 0 spiro atoms. The Labute approximate surface area is 102 Å². The van der Waals surface area contributed by atoms with E-state index in [9.17, 15) is 14.0 Å². The first-order valence-corrected chi connectivity index (χ1v) is 5.28. The summed E-state index contributed by atoms with van der Waals surface area (Å²) in [6.07, 6.45) is -1.24. The largest absolute Gasteiger partial charge is 0.496 e. The lowest BCUT2D eigenvalue weighted by Gasteiger charge is -2.17. The number of esters is 1. The van der Waals surface area contributed by atoms with Crippen LogP contribution in [0, 0.1) is 11.7 Å². The smallest absolute Gasteiger partial charge is 0.311 e. The lowest BCUT2D eigenvalue weighted by molar-refractivity contribution is -0.144. The fourth-order valence-electron chi connectivity index (χ4n) is 1.98. The van der Waals surface area contributed by atoms with E-state index >= 15 is 0 Å². The minimum atomic E-state index is -1.16. The summed E-state index contributed by atoms with van der Waals surface area (Å²) in [4.78, 5) is 22.3. The number of hydrogen-bond donors (Lipinski definition) is 1. The van der Waals surface area contributed by atoms with Crippen LogP contribution in [0.5, 0.6) is 5.75 Å². The number of carbonyl (C=O) groups excluding carboxylic acids is 1. The van der Waals surface area contributed by atoms with Gasteiger partial charge in [0.25, 0.3) is 0 Å². The molecular weight excluding hydrogens is 243 g/mol. The second kappa shape index (κ2) is 4.64. The summed E-state index contributed by atoms with van der Waals surface area (Å²) in [5, 5.41) is 9.03. The van der Waals surface area contributed by atoms with Gasteiger partial charge in [-0.1, -0.05) is 0 Å². The highest BCUT2D eigenvalue weighted by atomic mass is 19.1. The van der Waals surface area contributed by atoms with Crippen molar-refractivity contribution in [3.05, 3.63) is 29.6 Å². The van der Waals surface area contributed by atoms with Crippen molar-refractivity contribution >= 4 is 11.9 Å². The Bertz CT molecular complexity index is 499. The standard InChI is InChI=1S/C12H11FO5/c1-17-9-3-2-6(13)4-7(9)11-8(12(15)16)5-10(14)18-11/h2-4,8,11H,5H2,1H3,(H,15,16). The summed E-state index contributed by atoms with van der Waals surface area (Å²) in [6.45, 7) is 0. The lowest BCUT2D eigenvalue weighted by Crippen LogP contribution is -2.18. The monoisotopic (exact) mass is 254 g/mol. The molecule has 0 aliphatic carbocycles. The Balaban J connectivity index is 2.43. The molecule has 0 saturated carbocycles. The van der Waals surface area contributed by atoms with Gasteiger partial charge in [-0.3, -0.25) is 9.59 Å². The van der Waals surface area contributed by atoms with E-state index in [1.54, 1.807) is 0 Å². The molecule has 0 radical (unpaired) electrons.